The van der Waals surface area contributed by atoms with Crippen molar-refractivity contribution in [3.05, 3.63) is 53.7 Å². The summed E-state index contributed by atoms with van der Waals surface area (Å²) in [5.41, 5.74) is 3.57. The molecule has 25 heavy (non-hydrogen) atoms. The Bertz CT molecular complexity index is 1040. The fraction of sp³-hybridized carbons (Fsp3) is 0.316. The Morgan fingerprint density at radius 3 is 2.48 bits per heavy atom. The lowest BCUT2D eigenvalue weighted by Gasteiger charge is -2.22. The Morgan fingerprint density at radius 1 is 1.08 bits per heavy atom. The minimum absolute atomic E-state index is 0.220. The van der Waals surface area contributed by atoms with Gasteiger partial charge in [0.1, 0.15) is 0 Å². The van der Waals surface area contributed by atoms with Gasteiger partial charge in [-0.05, 0) is 63.1 Å². The zero-order valence-electron chi connectivity index (χ0n) is 15.2. The second kappa shape index (κ2) is 6.19. The van der Waals surface area contributed by atoms with Gasteiger partial charge in [-0.3, -0.25) is 8.99 Å². The number of hydrogen-bond donors (Lipinski definition) is 0. The van der Waals surface area contributed by atoms with Gasteiger partial charge in [0, 0.05) is 18.5 Å². The molecule has 3 rings (SSSR count). The number of sulfonamides is 1. The number of anilines is 1. The highest BCUT2D eigenvalue weighted by atomic mass is 32.2. The minimum atomic E-state index is -3.64. The van der Waals surface area contributed by atoms with E-state index in [2.05, 4.69) is 5.10 Å². The molecule has 0 fully saturated rings. The fourth-order valence-corrected chi connectivity index (χ4v) is 4.24. The molecule has 0 saturated carbocycles. The number of rotatable bonds is 4. The van der Waals surface area contributed by atoms with Crippen molar-refractivity contribution >= 4 is 26.6 Å². The predicted octanol–water partition coefficient (Wildman–Crippen LogP) is 4.06. The van der Waals surface area contributed by atoms with Crippen molar-refractivity contribution in [3.8, 4) is 0 Å². The highest BCUT2D eigenvalue weighted by molar-refractivity contribution is 7.92. The Balaban J connectivity index is 2.07. The van der Waals surface area contributed by atoms with E-state index >= 15 is 0 Å². The van der Waals surface area contributed by atoms with Crippen molar-refractivity contribution < 1.29 is 8.42 Å². The molecule has 3 aromatic rings. The average molecular weight is 357 g/mol. The summed E-state index contributed by atoms with van der Waals surface area (Å²) in [4.78, 5) is 0.270. The Labute approximate surface area is 148 Å². The van der Waals surface area contributed by atoms with Crippen molar-refractivity contribution in [2.75, 3.05) is 11.4 Å². The summed E-state index contributed by atoms with van der Waals surface area (Å²) in [5, 5.41) is 5.18. The first-order valence-electron chi connectivity index (χ1n) is 8.25. The van der Waals surface area contributed by atoms with Gasteiger partial charge in [0.25, 0.3) is 10.0 Å². The van der Waals surface area contributed by atoms with Crippen LogP contribution in [-0.2, 0) is 10.0 Å². The van der Waals surface area contributed by atoms with Gasteiger partial charge >= 0.3 is 0 Å². The molecule has 0 bridgehead atoms. The summed E-state index contributed by atoms with van der Waals surface area (Å²) < 4.78 is 29.4. The van der Waals surface area contributed by atoms with Gasteiger partial charge in [0.15, 0.2) is 0 Å². The monoisotopic (exact) mass is 357 g/mol. The van der Waals surface area contributed by atoms with Gasteiger partial charge in [-0.2, -0.15) is 5.10 Å². The van der Waals surface area contributed by atoms with Crippen LogP contribution >= 0.6 is 0 Å². The molecular weight excluding hydrogens is 334 g/mol. The van der Waals surface area contributed by atoms with Crippen molar-refractivity contribution in [2.24, 2.45) is 0 Å². The molecule has 1 heterocycles. The lowest BCUT2D eigenvalue weighted by molar-refractivity contribution is 0.551. The van der Waals surface area contributed by atoms with E-state index in [1.807, 2.05) is 56.6 Å². The predicted molar refractivity (Wildman–Crippen MR) is 102 cm³/mol. The summed E-state index contributed by atoms with van der Waals surface area (Å²) in [6.45, 7) is 7.96. The molecule has 1 aromatic heterocycles. The molecule has 0 amide bonds. The van der Waals surface area contributed by atoms with Crippen molar-refractivity contribution in [2.45, 2.75) is 38.6 Å². The number of aromatic nitrogens is 2. The first-order chi connectivity index (χ1) is 11.7. The van der Waals surface area contributed by atoms with Crippen molar-refractivity contribution in [1.29, 1.82) is 0 Å². The molecule has 0 aliphatic carbocycles. The highest BCUT2D eigenvalue weighted by Gasteiger charge is 2.23. The van der Waals surface area contributed by atoms with Crippen molar-refractivity contribution in [1.82, 2.24) is 9.78 Å². The molecule has 0 unspecified atom stereocenters. The summed E-state index contributed by atoms with van der Waals surface area (Å²) in [7, 11) is -2.04. The third-order valence-corrected chi connectivity index (χ3v) is 6.19. The topological polar surface area (TPSA) is 55.2 Å². The van der Waals surface area contributed by atoms with E-state index in [9.17, 15) is 8.42 Å². The number of aryl methyl sites for hydroxylation is 2. The van der Waals surface area contributed by atoms with Crippen LogP contribution < -0.4 is 4.31 Å². The molecule has 0 atom stereocenters. The molecule has 0 spiro atoms. The van der Waals surface area contributed by atoms with Crippen LogP contribution in [0.25, 0.3) is 10.9 Å². The second-order valence-electron chi connectivity index (χ2n) is 6.67. The van der Waals surface area contributed by atoms with Gasteiger partial charge in [-0.1, -0.05) is 12.1 Å². The molecule has 2 aromatic carbocycles. The first-order valence-corrected chi connectivity index (χ1v) is 9.69. The molecule has 6 heteroatoms. The maximum absolute atomic E-state index is 13.1. The van der Waals surface area contributed by atoms with Crippen LogP contribution in [-0.4, -0.2) is 25.2 Å². The van der Waals surface area contributed by atoms with Crippen LogP contribution in [0.3, 0.4) is 0 Å². The molecule has 0 saturated heterocycles. The molecule has 0 radical (unpaired) electrons. The second-order valence-corrected chi connectivity index (χ2v) is 8.64. The molecule has 0 aliphatic rings. The minimum Gasteiger partial charge on any atom is -0.269 e. The molecule has 0 N–H and O–H groups in total. The van der Waals surface area contributed by atoms with Crippen LogP contribution in [0.4, 0.5) is 5.69 Å². The number of nitrogens with zero attached hydrogens (tertiary/aromatic N) is 3. The Kier molecular flexibility index (Phi) is 4.33. The van der Waals surface area contributed by atoms with E-state index in [0.717, 1.165) is 22.0 Å². The van der Waals surface area contributed by atoms with Crippen LogP contribution in [0, 0.1) is 13.8 Å². The van der Waals surface area contributed by atoms with E-state index in [4.69, 9.17) is 0 Å². The first kappa shape index (κ1) is 17.5. The zero-order valence-corrected chi connectivity index (χ0v) is 16.0. The summed E-state index contributed by atoms with van der Waals surface area (Å²) in [6, 6.07) is 11.2. The lowest BCUT2D eigenvalue weighted by atomic mass is 10.1. The van der Waals surface area contributed by atoms with Crippen LogP contribution in [0.5, 0.6) is 0 Å². The Morgan fingerprint density at radius 2 is 1.80 bits per heavy atom. The van der Waals surface area contributed by atoms with Crippen LogP contribution in [0.15, 0.2) is 47.5 Å². The smallest absolute Gasteiger partial charge is 0.264 e. The van der Waals surface area contributed by atoms with E-state index < -0.39 is 10.0 Å². The van der Waals surface area contributed by atoms with Gasteiger partial charge < -0.3 is 0 Å². The van der Waals surface area contributed by atoms with E-state index in [1.165, 1.54) is 4.31 Å². The van der Waals surface area contributed by atoms with E-state index in [1.54, 1.807) is 25.4 Å². The highest BCUT2D eigenvalue weighted by Crippen LogP contribution is 2.28. The number of hydrogen-bond acceptors (Lipinski definition) is 3. The normalized spacial score (nSPS) is 12.1. The quantitative estimate of drug-likeness (QED) is 0.707. The van der Waals surface area contributed by atoms with Crippen LogP contribution in [0.2, 0.25) is 0 Å². The Hall–Kier alpha value is -2.34. The van der Waals surface area contributed by atoms with E-state index in [-0.39, 0.29) is 10.9 Å². The summed E-state index contributed by atoms with van der Waals surface area (Å²) >= 11 is 0. The SMILES string of the molecule is Cc1ccc(C)c(N(C)S(=O)(=O)c2ccc3c(cnn3C(C)C)c2)c1. The molecule has 132 valence electrons. The number of fused-ring (bicyclic) bond motifs is 1. The number of benzene rings is 2. The maximum atomic E-state index is 13.1. The maximum Gasteiger partial charge on any atom is 0.264 e. The van der Waals surface area contributed by atoms with Gasteiger partial charge in [0.2, 0.25) is 0 Å². The third-order valence-electron chi connectivity index (χ3n) is 4.42. The lowest BCUT2D eigenvalue weighted by Crippen LogP contribution is -2.27. The molecule has 0 aliphatic heterocycles. The van der Waals surface area contributed by atoms with E-state index in [0.29, 0.717) is 5.69 Å². The third kappa shape index (κ3) is 3.02. The van der Waals surface area contributed by atoms with Gasteiger partial charge in [-0.25, -0.2) is 8.42 Å². The summed E-state index contributed by atoms with van der Waals surface area (Å²) in [5.74, 6) is 0. The van der Waals surface area contributed by atoms with Crippen LogP contribution in [0.1, 0.15) is 31.0 Å². The fourth-order valence-electron chi connectivity index (χ4n) is 2.95. The zero-order chi connectivity index (χ0) is 18.4. The van der Waals surface area contributed by atoms with Gasteiger partial charge in [0.05, 0.1) is 22.3 Å². The average Bonchev–Trinajstić information content (AvgIpc) is 2.99. The van der Waals surface area contributed by atoms with Gasteiger partial charge in [-0.15, -0.1) is 0 Å². The van der Waals surface area contributed by atoms with Crippen molar-refractivity contribution in [3.63, 3.8) is 0 Å². The largest absolute Gasteiger partial charge is 0.269 e. The summed E-state index contributed by atoms with van der Waals surface area (Å²) in [6.07, 6.45) is 1.71. The standard InChI is InChI=1S/C19H23N3O2S/c1-13(2)22-18-9-8-17(11-16(18)12-20-22)25(23,24)21(5)19-10-14(3)6-7-15(19)4/h6-13H,1-5H3. The molecule has 5 nitrogen and oxygen atoms in total. The molecular formula is C19H23N3O2S.